The second-order valence-electron chi connectivity index (χ2n) is 3.44. The molecular weight excluding hydrogens is 202 g/mol. The van der Waals surface area contributed by atoms with Crippen molar-refractivity contribution in [2.45, 2.75) is 32.2 Å². The van der Waals surface area contributed by atoms with Gasteiger partial charge in [-0.1, -0.05) is 0 Å². The fourth-order valence-corrected chi connectivity index (χ4v) is 3.52. The van der Waals surface area contributed by atoms with Crippen LogP contribution in [0.15, 0.2) is 0 Å². The summed E-state index contributed by atoms with van der Waals surface area (Å²) in [5, 5.41) is -1.04. The zero-order chi connectivity index (χ0) is 11.4. The second kappa shape index (κ2) is 5.20. The van der Waals surface area contributed by atoms with Gasteiger partial charge in [-0.3, -0.25) is 0 Å². The lowest BCUT2D eigenvalue weighted by atomic mass is 10.5. The van der Waals surface area contributed by atoms with Gasteiger partial charge in [-0.05, 0) is 20.8 Å². The summed E-state index contributed by atoms with van der Waals surface area (Å²) in [6, 6.07) is 0. The van der Waals surface area contributed by atoms with Crippen molar-refractivity contribution in [1.29, 1.82) is 0 Å². The summed E-state index contributed by atoms with van der Waals surface area (Å²) >= 11 is 0. The van der Waals surface area contributed by atoms with Gasteiger partial charge >= 0.3 is 8.80 Å². The summed E-state index contributed by atoms with van der Waals surface area (Å²) in [5.41, 5.74) is 5.99. The summed E-state index contributed by atoms with van der Waals surface area (Å²) in [4.78, 5) is 0. The van der Waals surface area contributed by atoms with Gasteiger partial charge in [0.1, 0.15) is 0 Å². The highest BCUT2D eigenvalue weighted by molar-refractivity contribution is 6.63. The van der Waals surface area contributed by atoms with Crippen LogP contribution in [0.4, 0.5) is 0 Å². The summed E-state index contributed by atoms with van der Waals surface area (Å²) in [7, 11) is 1.57. The van der Waals surface area contributed by atoms with Crippen molar-refractivity contribution in [2.75, 3.05) is 21.3 Å². The number of ether oxygens (including phenoxy) is 1. The van der Waals surface area contributed by atoms with Crippen LogP contribution in [0.1, 0.15) is 20.8 Å². The molecule has 5 nitrogen and oxygen atoms in total. The Morgan fingerprint density at radius 2 is 1.43 bits per heavy atom. The zero-order valence-electron chi connectivity index (χ0n) is 9.79. The van der Waals surface area contributed by atoms with E-state index in [4.69, 9.17) is 23.7 Å². The van der Waals surface area contributed by atoms with E-state index in [9.17, 15) is 0 Å². The van der Waals surface area contributed by atoms with Crippen LogP contribution in [0.2, 0.25) is 0 Å². The fraction of sp³-hybridized carbons (Fsp3) is 1.00. The van der Waals surface area contributed by atoms with Crippen LogP contribution in [-0.2, 0) is 18.0 Å². The molecule has 0 saturated heterocycles. The molecule has 0 bridgehead atoms. The molecule has 0 amide bonds. The maximum Gasteiger partial charge on any atom is 0.549 e. The Kier molecular flexibility index (Phi) is 5.20. The molecule has 0 rings (SSSR count). The Bertz CT molecular complexity index is 162. The third-order valence-corrected chi connectivity index (χ3v) is 4.84. The minimum Gasteiger partial charge on any atom is -0.374 e. The van der Waals surface area contributed by atoms with Crippen LogP contribution < -0.4 is 5.73 Å². The molecular formula is C8H21NO4Si. The third kappa shape index (κ3) is 2.75. The number of hydrogen-bond donors (Lipinski definition) is 1. The quantitative estimate of drug-likeness (QED) is 0.525. The predicted molar refractivity (Wildman–Crippen MR) is 55.6 cm³/mol. The molecule has 1 unspecified atom stereocenters. The molecule has 14 heavy (non-hydrogen) atoms. The van der Waals surface area contributed by atoms with Gasteiger partial charge in [-0.25, -0.2) is 0 Å². The first-order valence-corrected chi connectivity index (χ1v) is 6.20. The van der Waals surface area contributed by atoms with E-state index in [0.29, 0.717) is 0 Å². The minimum atomic E-state index is -2.95. The molecule has 0 heterocycles. The first-order valence-electron chi connectivity index (χ1n) is 4.47. The van der Waals surface area contributed by atoms with Gasteiger partial charge in [-0.2, -0.15) is 0 Å². The van der Waals surface area contributed by atoms with E-state index in [1.54, 1.807) is 6.92 Å². The monoisotopic (exact) mass is 223 g/mol. The van der Waals surface area contributed by atoms with Crippen LogP contribution >= 0.6 is 0 Å². The smallest absolute Gasteiger partial charge is 0.374 e. The standard InChI is InChI=1S/C8H21NO4Si/c1-7(2)13-8(3,9)14(10-4,11-5)12-6/h7H,9H2,1-6H3. The first kappa shape index (κ1) is 14.0. The molecule has 6 heteroatoms. The second-order valence-corrected chi connectivity index (χ2v) is 6.77. The molecule has 0 aliphatic heterocycles. The van der Waals surface area contributed by atoms with Gasteiger partial charge in [0.25, 0.3) is 0 Å². The average Bonchev–Trinajstić information content (AvgIpc) is 2.05. The van der Waals surface area contributed by atoms with Crippen molar-refractivity contribution in [1.82, 2.24) is 0 Å². The number of rotatable bonds is 6. The topological polar surface area (TPSA) is 62.9 Å². The van der Waals surface area contributed by atoms with E-state index in [1.807, 2.05) is 13.8 Å². The van der Waals surface area contributed by atoms with Crippen LogP contribution in [0.25, 0.3) is 0 Å². The SMILES string of the molecule is CO[Si](OC)(OC)C(C)(N)OC(C)C. The highest BCUT2D eigenvalue weighted by Crippen LogP contribution is 2.22. The molecule has 0 aromatic heterocycles. The largest absolute Gasteiger partial charge is 0.549 e. The van der Waals surface area contributed by atoms with E-state index < -0.39 is 14.2 Å². The van der Waals surface area contributed by atoms with Crippen LogP contribution in [0.3, 0.4) is 0 Å². The molecule has 2 N–H and O–H groups in total. The van der Waals surface area contributed by atoms with Crippen molar-refractivity contribution >= 4 is 8.80 Å². The Morgan fingerprint density at radius 3 is 1.64 bits per heavy atom. The molecule has 0 aromatic carbocycles. The lowest BCUT2D eigenvalue weighted by molar-refractivity contribution is -0.0709. The lowest BCUT2D eigenvalue weighted by Crippen LogP contribution is -2.69. The molecule has 0 aliphatic rings. The van der Waals surface area contributed by atoms with Gasteiger partial charge in [0.2, 0.25) is 0 Å². The van der Waals surface area contributed by atoms with Crippen molar-refractivity contribution in [2.24, 2.45) is 5.73 Å². The lowest BCUT2D eigenvalue weighted by Gasteiger charge is -2.38. The predicted octanol–water partition coefficient (Wildman–Crippen LogP) is 0.504. The Morgan fingerprint density at radius 1 is 1.07 bits per heavy atom. The molecule has 0 radical (unpaired) electrons. The van der Waals surface area contributed by atoms with E-state index in [1.165, 1.54) is 21.3 Å². The zero-order valence-corrected chi connectivity index (χ0v) is 10.8. The van der Waals surface area contributed by atoms with E-state index >= 15 is 0 Å². The summed E-state index contributed by atoms with van der Waals surface area (Å²) in [6.45, 7) is 5.49. The van der Waals surface area contributed by atoms with Crippen LogP contribution in [-0.4, -0.2) is 41.6 Å². The molecule has 0 aromatic rings. The summed E-state index contributed by atoms with van der Waals surface area (Å²) in [5.74, 6) is 0. The van der Waals surface area contributed by atoms with E-state index in [0.717, 1.165) is 0 Å². The summed E-state index contributed by atoms with van der Waals surface area (Å²) in [6.07, 6.45) is -0.0164. The van der Waals surface area contributed by atoms with E-state index in [2.05, 4.69) is 0 Å². The Balaban J connectivity index is 4.78. The van der Waals surface area contributed by atoms with Crippen molar-refractivity contribution in [3.63, 3.8) is 0 Å². The molecule has 0 saturated carbocycles. The number of nitrogens with two attached hydrogens (primary N) is 1. The van der Waals surface area contributed by atoms with Crippen molar-refractivity contribution < 1.29 is 18.0 Å². The number of hydrogen-bond acceptors (Lipinski definition) is 5. The maximum absolute atomic E-state index is 5.99. The third-order valence-electron chi connectivity index (χ3n) is 1.89. The van der Waals surface area contributed by atoms with Crippen LogP contribution in [0, 0.1) is 0 Å². The summed E-state index contributed by atoms with van der Waals surface area (Å²) < 4.78 is 21.3. The molecule has 0 spiro atoms. The van der Waals surface area contributed by atoms with Crippen molar-refractivity contribution in [3.05, 3.63) is 0 Å². The van der Waals surface area contributed by atoms with Crippen molar-refractivity contribution in [3.8, 4) is 0 Å². The molecule has 0 fully saturated rings. The van der Waals surface area contributed by atoms with Gasteiger partial charge in [-0.15, -0.1) is 0 Å². The van der Waals surface area contributed by atoms with E-state index in [-0.39, 0.29) is 6.10 Å². The highest BCUT2D eigenvalue weighted by atomic mass is 28.4. The molecule has 0 aliphatic carbocycles. The van der Waals surface area contributed by atoms with Gasteiger partial charge in [0.05, 0.1) is 6.10 Å². The minimum absolute atomic E-state index is 0.0164. The Hall–Kier alpha value is 0.0169. The highest BCUT2D eigenvalue weighted by Gasteiger charge is 2.56. The molecule has 86 valence electrons. The van der Waals surface area contributed by atoms with Gasteiger partial charge in [0, 0.05) is 21.3 Å². The van der Waals surface area contributed by atoms with Gasteiger partial charge in [0.15, 0.2) is 5.35 Å². The normalized spacial score (nSPS) is 17.1. The molecule has 1 atom stereocenters. The maximum atomic E-state index is 5.99. The average molecular weight is 223 g/mol. The van der Waals surface area contributed by atoms with Crippen LogP contribution in [0.5, 0.6) is 0 Å². The first-order chi connectivity index (χ1) is 6.35. The fourth-order valence-electron chi connectivity index (χ4n) is 1.42. The van der Waals surface area contributed by atoms with Gasteiger partial charge < -0.3 is 23.7 Å². The Labute approximate surface area is 86.8 Å².